The molecule has 0 unspecified atom stereocenters. The van der Waals surface area contributed by atoms with Crippen molar-refractivity contribution in [2.24, 2.45) is 0 Å². The number of sulfone groups is 1. The maximum Gasteiger partial charge on any atom is 0.328 e. The molecule has 0 bridgehead atoms. The number of hydrogen-bond acceptors (Lipinski definition) is 5. The van der Waals surface area contributed by atoms with Gasteiger partial charge in [0.2, 0.25) is 5.91 Å². The molecule has 1 aromatic heterocycles. The molecule has 2 aromatic rings. The smallest absolute Gasteiger partial charge is 0.328 e. The van der Waals surface area contributed by atoms with Crippen molar-refractivity contribution < 1.29 is 13.2 Å². The lowest BCUT2D eigenvalue weighted by Gasteiger charge is -2.12. The van der Waals surface area contributed by atoms with E-state index in [0.717, 1.165) is 0 Å². The van der Waals surface area contributed by atoms with Crippen LogP contribution in [0.3, 0.4) is 0 Å². The Morgan fingerprint density at radius 3 is 2.75 bits per heavy atom. The van der Waals surface area contributed by atoms with Gasteiger partial charge in [0.05, 0.1) is 22.4 Å². The Kier molecular flexibility index (Phi) is 4.27. The number of nitrogens with zero attached hydrogens (tertiary/aromatic N) is 1. The first-order valence-corrected chi connectivity index (χ1v) is 9.39. The highest BCUT2D eigenvalue weighted by atomic mass is 32.2. The molecule has 1 atom stereocenters. The minimum absolute atomic E-state index is 0.0203. The van der Waals surface area contributed by atoms with Gasteiger partial charge in [-0.3, -0.25) is 19.1 Å². The molecule has 8 nitrogen and oxygen atoms in total. The molecule has 128 valence electrons. The lowest BCUT2D eigenvalue weighted by Crippen LogP contribution is -2.37. The summed E-state index contributed by atoms with van der Waals surface area (Å²) in [5.74, 6) is -0.276. The van der Waals surface area contributed by atoms with Crippen LogP contribution in [0.2, 0.25) is 0 Å². The van der Waals surface area contributed by atoms with Gasteiger partial charge in [0.15, 0.2) is 9.84 Å². The fourth-order valence-corrected chi connectivity index (χ4v) is 4.56. The van der Waals surface area contributed by atoms with Crippen molar-refractivity contribution in [2.75, 3.05) is 11.5 Å². The second kappa shape index (κ2) is 6.23. The zero-order valence-corrected chi connectivity index (χ0v) is 13.6. The Morgan fingerprint density at radius 1 is 1.29 bits per heavy atom. The van der Waals surface area contributed by atoms with Crippen LogP contribution in [0, 0.1) is 0 Å². The molecule has 3 rings (SSSR count). The second-order valence-corrected chi connectivity index (χ2v) is 8.07. The molecule has 0 aliphatic carbocycles. The molecule has 0 spiro atoms. The first-order valence-electron chi connectivity index (χ1n) is 7.57. The van der Waals surface area contributed by atoms with Crippen LogP contribution in [-0.2, 0) is 21.2 Å². The number of carbonyl (C=O) groups excluding carboxylic acids is 1. The fourth-order valence-electron chi connectivity index (χ4n) is 2.89. The number of benzene rings is 1. The van der Waals surface area contributed by atoms with Crippen molar-refractivity contribution in [3.8, 4) is 0 Å². The lowest BCUT2D eigenvalue weighted by atomic mass is 10.2. The Morgan fingerprint density at radius 2 is 2.04 bits per heavy atom. The normalized spacial score (nSPS) is 19.4. The van der Waals surface area contributed by atoms with Gasteiger partial charge in [0, 0.05) is 19.0 Å². The van der Waals surface area contributed by atoms with E-state index in [9.17, 15) is 22.8 Å². The number of fused-ring (bicyclic) bond motifs is 1. The van der Waals surface area contributed by atoms with E-state index in [1.165, 1.54) is 4.57 Å². The summed E-state index contributed by atoms with van der Waals surface area (Å²) in [6.07, 6.45) is 0.433. The highest BCUT2D eigenvalue weighted by Gasteiger charge is 2.28. The third-order valence-electron chi connectivity index (χ3n) is 4.07. The summed E-state index contributed by atoms with van der Waals surface area (Å²) in [7, 11) is -3.06. The van der Waals surface area contributed by atoms with Crippen molar-refractivity contribution in [3.63, 3.8) is 0 Å². The molecule has 0 radical (unpaired) electrons. The molecule has 1 aliphatic heterocycles. The molecule has 1 amide bonds. The van der Waals surface area contributed by atoms with Crippen molar-refractivity contribution >= 4 is 26.6 Å². The molecule has 9 heteroatoms. The van der Waals surface area contributed by atoms with E-state index in [2.05, 4.69) is 10.3 Å². The van der Waals surface area contributed by atoms with Gasteiger partial charge in [0.1, 0.15) is 0 Å². The van der Waals surface area contributed by atoms with Crippen LogP contribution in [0.4, 0.5) is 0 Å². The van der Waals surface area contributed by atoms with Crippen LogP contribution in [0.5, 0.6) is 0 Å². The van der Waals surface area contributed by atoms with Crippen LogP contribution in [0.1, 0.15) is 12.8 Å². The summed E-state index contributed by atoms with van der Waals surface area (Å²) >= 11 is 0. The van der Waals surface area contributed by atoms with Gasteiger partial charge in [-0.15, -0.1) is 0 Å². The molecule has 24 heavy (non-hydrogen) atoms. The number of aromatic nitrogens is 2. The molecule has 2 N–H and O–H groups in total. The number of aryl methyl sites for hydroxylation is 1. The third-order valence-corrected chi connectivity index (χ3v) is 5.83. The molecule has 2 heterocycles. The average molecular weight is 351 g/mol. The Hall–Kier alpha value is -2.42. The predicted octanol–water partition coefficient (Wildman–Crippen LogP) is -0.617. The number of amides is 1. The van der Waals surface area contributed by atoms with Gasteiger partial charge in [-0.05, 0) is 18.6 Å². The Labute approximate surface area is 137 Å². The molecular formula is C15H17N3O5S. The summed E-state index contributed by atoms with van der Waals surface area (Å²) in [6, 6.07) is 6.29. The summed E-state index contributed by atoms with van der Waals surface area (Å²) < 4.78 is 24.1. The van der Waals surface area contributed by atoms with Gasteiger partial charge in [-0.2, -0.15) is 0 Å². The van der Waals surface area contributed by atoms with E-state index in [-0.39, 0.29) is 36.4 Å². The van der Waals surface area contributed by atoms with Gasteiger partial charge >= 0.3 is 5.69 Å². The van der Waals surface area contributed by atoms with Crippen LogP contribution >= 0.6 is 0 Å². The molecule has 1 aromatic carbocycles. The van der Waals surface area contributed by atoms with Gasteiger partial charge < -0.3 is 5.32 Å². The quantitative estimate of drug-likeness (QED) is 0.761. The molecule has 1 aliphatic rings. The van der Waals surface area contributed by atoms with Crippen LogP contribution in [0.25, 0.3) is 10.9 Å². The first kappa shape index (κ1) is 16.4. The number of rotatable bonds is 4. The third kappa shape index (κ3) is 3.40. The highest BCUT2D eigenvalue weighted by molar-refractivity contribution is 7.91. The van der Waals surface area contributed by atoms with E-state index in [1.807, 2.05) is 0 Å². The number of carbonyl (C=O) groups is 1. The van der Waals surface area contributed by atoms with Crippen molar-refractivity contribution in [2.45, 2.75) is 25.4 Å². The standard InChI is InChI=1S/C15H17N3O5S/c19-13(16-10-6-8-24(22,23)9-10)5-7-18-12-4-2-1-3-11(12)14(20)17-15(18)21/h1-4,10H,5-9H2,(H,16,19)(H,17,20,21)/t10-/m1/s1. The number of aromatic amines is 1. The maximum atomic E-state index is 12.0. The summed E-state index contributed by atoms with van der Waals surface area (Å²) in [5, 5.41) is 3.05. The number of para-hydroxylation sites is 1. The Balaban J connectivity index is 1.73. The second-order valence-electron chi connectivity index (χ2n) is 5.85. The topological polar surface area (TPSA) is 118 Å². The van der Waals surface area contributed by atoms with Crippen molar-refractivity contribution in [1.82, 2.24) is 14.9 Å². The van der Waals surface area contributed by atoms with Crippen LogP contribution in [-0.4, -0.2) is 41.4 Å². The highest BCUT2D eigenvalue weighted by Crippen LogP contribution is 2.11. The van der Waals surface area contributed by atoms with Crippen molar-refractivity contribution in [1.29, 1.82) is 0 Å². The minimum atomic E-state index is -3.06. The van der Waals surface area contributed by atoms with Crippen LogP contribution < -0.4 is 16.6 Å². The van der Waals surface area contributed by atoms with Gasteiger partial charge in [-0.1, -0.05) is 12.1 Å². The molecular weight excluding hydrogens is 334 g/mol. The number of nitrogens with one attached hydrogen (secondary N) is 2. The van der Waals surface area contributed by atoms with Crippen LogP contribution in [0.15, 0.2) is 33.9 Å². The zero-order chi connectivity index (χ0) is 17.3. The molecule has 1 fully saturated rings. The predicted molar refractivity (Wildman–Crippen MR) is 88.6 cm³/mol. The Bertz CT molecular complexity index is 1010. The van der Waals surface area contributed by atoms with E-state index >= 15 is 0 Å². The maximum absolute atomic E-state index is 12.0. The summed E-state index contributed by atoms with van der Waals surface area (Å²) in [5.41, 5.74) is -0.579. The lowest BCUT2D eigenvalue weighted by molar-refractivity contribution is -0.121. The van der Waals surface area contributed by atoms with E-state index in [0.29, 0.717) is 17.3 Å². The largest absolute Gasteiger partial charge is 0.352 e. The first-order chi connectivity index (χ1) is 11.4. The van der Waals surface area contributed by atoms with E-state index < -0.39 is 21.1 Å². The van der Waals surface area contributed by atoms with E-state index in [1.54, 1.807) is 24.3 Å². The zero-order valence-electron chi connectivity index (χ0n) is 12.8. The SMILES string of the molecule is O=C(CCn1c(=O)[nH]c(=O)c2ccccc21)N[C@@H]1CCS(=O)(=O)C1. The van der Waals surface area contributed by atoms with Gasteiger partial charge in [0.25, 0.3) is 5.56 Å². The monoisotopic (exact) mass is 351 g/mol. The average Bonchev–Trinajstić information content (AvgIpc) is 2.85. The summed E-state index contributed by atoms with van der Waals surface area (Å²) in [6.45, 7) is 0.0986. The number of H-pyrrole nitrogens is 1. The number of hydrogen-bond donors (Lipinski definition) is 2. The molecule has 1 saturated heterocycles. The van der Waals surface area contributed by atoms with Gasteiger partial charge in [-0.25, -0.2) is 13.2 Å². The minimum Gasteiger partial charge on any atom is -0.352 e. The van der Waals surface area contributed by atoms with E-state index in [4.69, 9.17) is 0 Å². The van der Waals surface area contributed by atoms with Crippen molar-refractivity contribution in [3.05, 3.63) is 45.1 Å². The molecule has 0 saturated carbocycles. The summed E-state index contributed by atoms with van der Waals surface area (Å²) in [4.78, 5) is 38.0. The fraction of sp³-hybridized carbons (Fsp3) is 0.400.